The van der Waals surface area contributed by atoms with Crippen molar-refractivity contribution < 1.29 is 23.9 Å². The number of nitrogens with one attached hydrogen (secondary N) is 1. The highest BCUT2D eigenvalue weighted by atomic mass is 16.5. The van der Waals surface area contributed by atoms with Crippen LogP contribution in [0, 0.1) is 0 Å². The Hall–Kier alpha value is -3.68. The number of β-lactam (4-membered cyclic amide) rings is 1. The van der Waals surface area contributed by atoms with Gasteiger partial charge < -0.3 is 19.9 Å². The highest BCUT2D eigenvalue weighted by molar-refractivity contribution is 6.02. The first-order chi connectivity index (χ1) is 14.5. The molecular weight excluding hydrogens is 386 g/mol. The maximum absolute atomic E-state index is 12.7. The Labute approximate surface area is 173 Å². The molecule has 3 atom stereocenters. The molecule has 2 aromatic carbocycles. The van der Waals surface area contributed by atoms with E-state index in [0.717, 1.165) is 5.56 Å². The van der Waals surface area contributed by atoms with Gasteiger partial charge in [-0.25, -0.2) is 4.79 Å². The summed E-state index contributed by atoms with van der Waals surface area (Å²) in [5, 5.41) is 2.71. The van der Waals surface area contributed by atoms with E-state index < -0.39 is 30.1 Å². The number of hydrogen-bond donors (Lipinski definition) is 1. The number of hydrogen-bond acceptors (Lipinski definition) is 5. The van der Waals surface area contributed by atoms with Crippen LogP contribution in [0.15, 0.2) is 60.7 Å². The molecule has 2 aliphatic rings. The molecule has 4 rings (SSSR count). The third kappa shape index (κ3) is 3.52. The first kappa shape index (κ1) is 19.6. The van der Waals surface area contributed by atoms with Gasteiger partial charge >= 0.3 is 5.97 Å². The predicted molar refractivity (Wildman–Crippen MR) is 106 cm³/mol. The number of ether oxygens (including phenoxy) is 1. The minimum absolute atomic E-state index is 0.0444. The maximum Gasteiger partial charge on any atom is 0.350 e. The van der Waals surface area contributed by atoms with Crippen LogP contribution in [0.4, 0.5) is 0 Å². The zero-order chi connectivity index (χ0) is 21.3. The minimum atomic E-state index is -1.12. The van der Waals surface area contributed by atoms with Gasteiger partial charge in [0, 0.05) is 19.0 Å². The molecule has 0 radical (unpaired) electrons. The lowest BCUT2D eigenvalue weighted by Crippen LogP contribution is -2.71. The zero-order valence-corrected chi connectivity index (χ0v) is 16.4. The number of carbonyl (C=O) groups is 4. The summed E-state index contributed by atoms with van der Waals surface area (Å²) in [5.41, 5.74) is 1.24. The normalized spacial score (nSPS) is 22.2. The lowest BCUT2D eigenvalue weighted by Gasteiger charge is -2.43. The smallest absolute Gasteiger partial charge is 0.350 e. The quantitative estimate of drug-likeness (QED) is 0.588. The van der Waals surface area contributed by atoms with Crippen LogP contribution in [0.2, 0.25) is 0 Å². The van der Waals surface area contributed by atoms with Crippen LogP contribution >= 0.6 is 0 Å². The fourth-order valence-electron chi connectivity index (χ4n) is 3.83. The van der Waals surface area contributed by atoms with Gasteiger partial charge in [-0.05, 0) is 17.7 Å². The highest BCUT2D eigenvalue weighted by Crippen LogP contribution is 2.33. The molecule has 0 spiro atoms. The highest BCUT2D eigenvalue weighted by Gasteiger charge is 2.60. The summed E-state index contributed by atoms with van der Waals surface area (Å²) in [6.07, 6.45) is -1.12. The Morgan fingerprint density at radius 2 is 1.67 bits per heavy atom. The second-order valence-electron chi connectivity index (χ2n) is 7.27. The first-order valence-corrected chi connectivity index (χ1v) is 9.63. The van der Waals surface area contributed by atoms with Crippen molar-refractivity contribution in [2.75, 3.05) is 6.54 Å². The van der Waals surface area contributed by atoms with Gasteiger partial charge in [-0.2, -0.15) is 0 Å². The molecule has 2 aliphatic heterocycles. The van der Waals surface area contributed by atoms with Crippen LogP contribution in [0.25, 0.3) is 0 Å². The summed E-state index contributed by atoms with van der Waals surface area (Å²) < 4.78 is 5.36. The van der Waals surface area contributed by atoms with Crippen LogP contribution in [-0.2, 0) is 25.7 Å². The third-order valence-electron chi connectivity index (χ3n) is 5.37. The minimum Gasteiger partial charge on any atom is -0.458 e. The van der Waals surface area contributed by atoms with Crippen LogP contribution in [0.3, 0.4) is 0 Å². The molecule has 2 unspecified atom stereocenters. The van der Waals surface area contributed by atoms with E-state index in [1.54, 1.807) is 30.3 Å². The van der Waals surface area contributed by atoms with E-state index in [4.69, 9.17) is 4.74 Å². The van der Waals surface area contributed by atoms with Gasteiger partial charge in [-0.1, -0.05) is 48.5 Å². The molecule has 0 bridgehead atoms. The van der Waals surface area contributed by atoms with Crippen LogP contribution < -0.4 is 5.32 Å². The van der Waals surface area contributed by atoms with Gasteiger partial charge in [0.05, 0.1) is 6.04 Å². The van der Waals surface area contributed by atoms with Gasteiger partial charge in [0.15, 0.2) is 0 Å². The van der Waals surface area contributed by atoms with Gasteiger partial charge in [0.25, 0.3) is 5.91 Å². The number of benzene rings is 2. The van der Waals surface area contributed by atoms with E-state index >= 15 is 0 Å². The standard InChI is InChI=1S/C22H21N3O5/c1-14(26)24-12-17-18(23-19(27)16-10-6-3-7-11-16)21(28)25(17)20(24)22(29)30-13-15-8-4-2-5-9-15/h2-11,17-18,20H,12-13H2,1H3,(H,23,27)/t17?,18-,20?/m0/s1. The Morgan fingerprint density at radius 1 is 1.03 bits per heavy atom. The number of rotatable bonds is 5. The molecule has 3 amide bonds. The van der Waals surface area contributed by atoms with Crippen molar-refractivity contribution in [3.05, 3.63) is 71.8 Å². The van der Waals surface area contributed by atoms with Gasteiger partial charge in [-0.3, -0.25) is 14.4 Å². The van der Waals surface area contributed by atoms with Crippen LogP contribution in [0.1, 0.15) is 22.8 Å². The van der Waals surface area contributed by atoms with Gasteiger partial charge in [-0.15, -0.1) is 0 Å². The summed E-state index contributed by atoms with van der Waals surface area (Å²) in [7, 11) is 0. The molecule has 0 aromatic heterocycles. The van der Waals surface area contributed by atoms with Crippen molar-refractivity contribution in [3.63, 3.8) is 0 Å². The molecule has 8 nitrogen and oxygen atoms in total. The number of amides is 3. The van der Waals surface area contributed by atoms with E-state index in [2.05, 4.69) is 5.32 Å². The molecule has 0 aliphatic carbocycles. The van der Waals surface area contributed by atoms with Crippen LogP contribution in [-0.4, -0.2) is 58.3 Å². The zero-order valence-electron chi connectivity index (χ0n) is 16.4. The summed E-state index contributed by atoms with van der Waals surface area (Å²) in [4.78, 5) is 52.6. The summed E-state index contributed by atoms with van der Waals surface area (Å²) >= 11 is 0. The summed E-state index contributed by atoms with van der Waals surface area (Å²) in [5.74, 6) is -1.79. The van der Waals surface area contributed by atoms with Crippen molar-refractivity contribution >= 4 is 23.7 Å². The molecule has 0 saturated carbocycles. The fraction of sp³-hybridized carbons (Fsp3) is 0.273. The van der Waals surface area contributed by atoms with E-state index in [9.17, 15) is 19.2 Å². The van der Waals surface area contributed by atoms with E-state index in [0.29, 0.717) is 5.56 Å². The second kappa shape index (κ2) is 7.98. The van der Waals surface area contributed by atoms with Crippen LogP contribution in [0.5, 0.6) is 0 Å². The maximum atomic E-state index is 12.7. The van der Waals surface area contributed by atoms with Crippen molar-refractivity contribution in [3.8, 4) is 0 Å². The molecule has 2 saturated heterocycles. The molecule has 8 heteroatoms. The lowest BCUT2D eigenvalue weighted by atomic mass is 9.96. The van der Waals surface area contributed by atoms with E-state index in [-0.39, 0.29) is 25.0 Å². The summed E-state index contributed by atoms with van der Waals surface area (Å²) in [6.45, 7) is 1.54. The Balaban J connectivity index is 1.45. The predicted octanol–water partition coefficient (Wildman–Crippen LogP) is 0.927. The molecule has 2 fully saturated rings. The molecule has 2 heterocycles. The Morgan fingerprint density at radius 3 is 2.30 bits per heavy atom. The number of nitrogens with zero attached hydrogens (tertiary/aromatic N) is 2. The summed E-state index contributed by atoms with van der Waals surface area (Å²) in [6, 6.07) is 16.4. The third-order valence-corrected chi connectivity index (χ3v) is 5.37. The number of fused-ring (bicyclic) bond motifs is 1. The van der Waals surface area contributed by atoms with Crippen molar-refractivity contribution in [1.29, 1.82) is 0 Å². The molecule has 2 aromatic rings. The first-order valence-electron chi connectivity index (χ1n) is 9.63. The fourth-order valence-corrected chi connectivity index (χ4v) is 3.83. The van der Waals surface area contributed by atoms with E-state index in [1.807, 2.05) is 30.3 Å². The van der Waals surface area contributed by atoms with E-state index in [1.165, 1.54) is 16.7 Å². The molecule has 1 N–H and O–H groups in total. The second-order valence-corrected chi connectivity index (χ2v) is 7.27. The average Bonchev–Trinajstić information content (AvgIpc) is 3.13. The SMILES string of the molecule is CC(=O)N1CC2[C@H](NC(=O)c3ccccc3)C(=O)N2C1C(=O)OCc1ccccc1. The van der Waals surface area contributed by atoms with Gasteiger partial charge in [0.2, 0.25) is 18.0 Å². The number of esters is 1. The Bertz CT molecular complexity index is 979. The number of carbonyl (C=O) groups excluding carboxylic acids is 4. The van der Waals surface area contributed by atoms with Gasteiger partial charge in [0.1, 0.15) is 12.6 Å². The topological polar surface area (TPSA) is 96.0 Å². The molecular formula is C22H21N3O5. The Kier molecular flexibility index (Phi) is 5.22. The lowest BCUT2D eigenvalue weighted by molar-refractivity contribution is -0.169. The average molecular weight is 407 g/mol. The van der Waals surface area contributed by atoms with Crippen molar-refractivity contribution in [1.82, 2.24) is 15.1 Å². The monoisotopic (exact) mass is 407 g/mol. The van der Waals surface area contributed by atoms with Crippen molar-refractivity contribution in [2.45, 2.75) is 31.8 Å². The molecule has 154 valence electrons. The van der Waals surface area contributed by atoms with Crippen molar-refractivity contribution in [2.24, 2.45) is 0 Å². The largest absolute Gasteiger partial charge is 0.458 e. The molecule has 30 heavy (non-hydrogen) atoms.